The van der Waals surface area contributed by atoms with Crippen molar-refractivity contribution in [2.45, 2.75) is 32.7 Å². The molecule has 0 aliphatic carbocycles. The minimum atomic E-state index is 0.0759. The Morgan fingerprint density at radius 2 is 1.90 bits per heavy atom. The van der Waals surface area contributed by atoms with E-state index in [0.717, 1.165) is 44.1 Å². The third-order valence-corrected chi connectivity index (χ3v) is 4.23. The first-order valence-electron chi connectivity index (χ1n) is 7.84. The van der Waals surface area contributed by atoms with Crippen LogP contribution in [0.15, 0.2) is 18.2 Å². The lowest BCUT2D eigenvalue weighted by Gasteiger charge is -2.27. The summed E-state index contributed by atoms with van der Waals surface area (Å²) in [5.41, 5.74) is 3.79. The molecule has 0 atom stereocenters. The van der Waals surface area contributed by atoms with E-state index in [9.17, 15) is 0 Å². The zero-order valence-corrected chi connectivity index (χ0v) is 13.6. The van der Waals surface area contributed by atoms with Crippen LogP contribution in [-0.2, 0) is 19.0 Å². The third-order valence-electron chi connectivity index (χ3n) is 4.23. The van der Waals surface area contributed by atoms with Crippen LogP contribution in [0, 0.1) is 0 Å². The second-order valence-electron chi connectivity index (χ2n) is 7.09. The summed E-state index contributed by atoms with van der Waals surface area (Å²) in [7, 11) is 2.12. The minimum Gasteiger partial charge on any atom is -0.331 e. The Hall–Kier alpha value is -1.39. The normalized spacial score (nSPS) is 17.5. The summed E-state index contributed by atoms with van der Waals surface area (Å²) in [6, 6.07) is 6.72. The summed E-state index contributed by atoms with van der Waals surface area (Å²) < 4.78 is 2.23. The Bertz CT molecular complexity index is 630. The van der Waals surface area contributed by atoms with Gasteiger partial charge in [-0.05, 0) is 17.7 Å². The van der Waals surface area contributed by atoms with E-state index in [-0.39, 0.29) is 5.41 Å². The number of imidazole rings is 1. The first kappa shape index (κ1) is 14.5. The Morgan fingerprint density at radius 3 is 2.57 bits per heavy atom. The van der Waals surface area contributed by atoms with Gasteiger partial charge in [-0.2, -0.15) is 0 Å². The van der Waals surface area contributed by atoms with Crippen LogP contribution in [0.2, 0.25) is 0 Å². The first-order chi connectivity index (χ1) is 9.95. The third kappa shape index (κ3) is 2.97. The number of nitrogens with zero attached hydrogens (tertiary/aromatic N) is 3. The highest BCUT2D eigenvalue weighted by Crippen LogP contribution is 2.26. The summed E-state index contributed by atoms with van der Waals surface area (Å²) >= 11 is 0. The van der Waals surface area contributed by atoms with E-state index in [4.69, 9.17) is 4.98 Å². The number of aryl methyl sites for hydroxylation is 1. The molecule has 21 heavy (non-hydrogen) atoms. The maximum Gasteiger partial charge on any atom is 0.115 e. The van der Waals surface area contributed by atoms with Gasteiger partial charge in [-0.25, -0.2) is 4.98 Å². The molecule has 0 spiro atoms. The topological polar surface area (TPSA) is 33.1 Å². The van der Waals surface area contributed by atoms with E-state index in [1.54, 1.807) is 0 Å². The molecule has 0 saturated carbocycles. The molecular weight excluding hydrogens is 260 g/mol. The van der Waals surface area contributed by atoms with E-state index in [0.29, 0.717) is 0 Å². The quantitative estimate of drug-likeness (QED) is 0.919. The molecule has 4 heteroatoms. The molecule has 1 aliphatic heterocycles. The van der Waals surface area contributed by atoms with E-state index in [2.05, 4.69) is 60.8 Å². The number of hydrogen-bond donors (Lipinski definition) is 1. The molecule has 1 fully saturated rings. The van der Waals surface area contributed by atoms with Crippen LogP contribution >= 0.6 is 0 Å². The molecule has 114 valence electrons. The van der Waals surface area contributed by atoms with Crippen LogP contribution in [0.3, 0.4) is 0 Å². The fourth-order valence-corrected chi connectivity index (χ4v) is 3.14. The molecule has 1 saturated heterocycles. The largest absolute Gasteiger partial charge is 0.331 e. The van der Waals surface area contributed by atoms with Gasteiger partial charge in [0.25, 0.3) is 0 Å². The van der Waals surface area contributed by atoms with Crippen LogP contribution in [0.25, 0.3) is 11.0 Å². The van der Waals surface area contributed by atoms with Gasteiger partial charge >= 0.3 is 0 Å². The van der Waals surface area contributed by atoms with Gasteiger partial charge in [-0.1, -0.05) is 26.8 Å². The first-order valence-corrected chi connectivity index (χ1v) is 7.84. The molecule has 1 N–H and O–H groups in total. The molecular formula is C17H26N4. The average molecular weight is 286 g/mol. The van der Waals surface area contributed by atoms with Crippen molar-refractivity contribution in [3.63, 3.8) is 0 Å². The van der Waals surface area contributed by atoms with Crippen molar-refractivity contribution >= 4 is 11.0 Å². The molecule has 0 radical (unpaired) electrons. The van der Waals surface area contributed by atoms with Gasteiger partial charge < -0.3 is 9.88 Å². The van der Waals surface area contributed by atoms with Crippen LogP contribution in [0.5, 0.6) is 0 Å². The van der Waals surface area contributed by atoms with Gasteiger partial charge in [0.2, 0.25) is 0 Å². The van der Waals surface area contributed by atoms with Crippen molar-refractivity contribution in [2.75, 3.05) is 26.2 Å². The van der Waals surface area contributed by atoms with Crippen LogP contribution in [-0.4, -0.2) is 40.6 Å². The lowest BCUT2D eigenvalue weighted by Crippen LogP contribution is -2.42. The summed E-state index contributed by atoms with van der Waals surface area (Å²) in [4.78, 5) is 7.37. The van der Waals surface area contributed by atoms with Crippen molar-refractivity contribution in [1.82, 2.24) is 19.8 Å². The van der Waals surface area contributed by atoms with Crippen LogP contribution in [0.4, 0.5) is 0 Å². The van der Waals surface area contributed by atoms with Gasteiger partial charge in [0.05, 0.1) is 11.0 Å². The highest BCUT2D eigenvalue weighted by Gasteiger charge is 2.21. The molecule has 2 heterocycles. The van der Waals surface area contributed by atoms with Gasteiger partial charge in [0, 0.05) is 45.2 Å². The van der Waals surface area contributed by atoms with Crippen molar-refractivity contribution in [1.29, 1.82) is 0 Å². The molecule has 3 rings (SSSR count). The molecule has 2 aromatic rings. The van der Waals surface area contributed by atoms with Gasteiger partial charge in [0.15, 0.2) is 0 Å². The highest BCUT2D eigenvalue weighted by atomic mass is 15.2. The summed E-state index contributed by atoms with van der Waals surface area (Å²) in [6.07, 6.45) is 0. The van der Waals surface area contributed by atoms with Crippen LogP contribution in [0.1, 0.15) is 32.2 Å². The SMILES string of the molecule is Cn1c(C(C)(C)C)nc2cc(CN3CCNCC3)ccc21. The monoisotopic (exact) mass is 286 g/mol. The van der Waals surface area contributed by atoms with Crippen molar-refractivity contribution < 1.29 is 0 Å². The van der Waals surface area contributed by atoms with Gasteiger partial charge in [-0.15, -0.1) is 0 Å². The summed E-state index contributed by atoms with van der Waals surface area (Å²) in [5, 5.41) is 3.40. The van der Waals surface area contributed by atoms with Crippen molar-refractivity contribution in [3.05, 3.63) is 29.6 Å². The second-order valence-corrected chi connectivity index (χ2v) is 7.09. The number of benzene rings is 1. The smallest absolute Gasteiger partial charge is 0.115 e. The minimum absolute atomic E-state index is 0.0759. The van der Waals surface area contributed by atoms with E-state index in [1.807, 2.05) is 0 Å². The Labute approximate surface area is 127 Å². The fourth-order valence-electron chi connectivity index (χ4n) is 3.14. The maximum absolute atomic E-state index is 4.87. The van der Waals surface area contributed by atoms with E-state index in [1.165, 1.54) is 11.1 Å². The maximum atomic E-state index is 4.87. The van der Waals surface area contributed by atoms with Gasteiger partial charge in [-0.3, -0.25) is 4.90 Å². The number of nitrogens with one attached hydrogen (secondary N) is 1. The molecule has 0 bridgehead atoms. The summed E-state index contributed by atoms with van der Waals surface area (Å²) in [5.74, 6) is 1.15. The predicted molar refractivity (Wildman–Crippen MR) is 87.6 cm³/mol. The van der Waals surface area contributed by atoms with Crippen molar-refractivity contribution in [2.24, 2.45) is 7.05 Å². The molecule has 4 nitrogen and oxygen atoms in total. The number of aromatic nitrogens is 2. The predicted octanol–water partition coefficient (Wildman–Crippen LogP) is 2.28. The Kier molecular flexibility index (Phi) is 3.76. The number of hydrogen-bond acceptors (Lipinski definition) is 3. The number of rotatable bonds is 2. The lowest BCUT2D eigenvalue weighted by atomic mass is 9.96. The Balaban J connectivity index is 1.89. The fraction of sp³-hybridized carbons (Fsp3) is 0.588. The number of fused-ring (bicyclic) bond motifs is 1. The molecule has 1 aromatic heterocycles. The zero-order chi connectivity index (χ0) is 15.0. The molecule has 1 aromatic carbocycles. The molecule has 0 unspecified atom stereocenters. The average Bonchev–Trinajstić information content (AvgIpc) is 2.77. The highest BCUT2D eigenvalue weighted by molar-refractivity contribution is 5.77. The standard InChI is InChI=1S/C17H26N4/c1-17(2,3)16-19-14-11-13(5-6-15(14)20(16)4)12-21-9-7-18-8-10-21/h5-6,11,18H,7-10,12H2,1-4H3. The van der Waals surface area contributed by atoms with Gasteiger partial charge in [0.1, 0.15) is 5.82 Å². The second kappa shape index (κ2) is 5.43. The molecule has 0 amide bonds. The van der Waals surface area contributed by atoms with E-state index < -0.39 is 0 Å². The Morgan fingerprint density at radius 1 is 1.19 bits per heavy atom. The zero-order valence-electron chi connectivity index (χ0n) is 13.6. The summed E-state index contributed by atoms with van der Waals surface area (Å²) in [6.45, 7) is 12.1. The molecule has 1 aliphatic rings. The van der Waals surface area contributed by atoms with Crippen LogP contribution < -0.4 is 5.32 Å². The van der Waals surface area contributed by atoms with E-state index >= 15 is 0 Å². The van der Waals surface area contributed by atoms with Crippen molar-refractivity contribution in [3.8, 4) is 0 Å². The lowest BCUT2D eigenvalue weighted by molar-refractivity contribution is 0.233. The number of piperazine rings is 1.